The zero-order chi connectivity index (χ0) is 23.1. The van der Waals surface area contributed by atoms with Gasteiger partial charge in [0, 0.05) is 22.9 Å². The molecule has 0 aliphatic carbocycles. The second kappa shape index (κ2) is 10.8. The van der Waals surface area contributed by atoms with Crippen molar-refractivity contribution in [3.63, 3.8) is 0 Å². The number of aromatic nitrogens is 2. The summed E-state index contributed by atoms with van der Waals surface area (Å²) in [5.74, 6) is 1.25. The summed E-state index contributed by atoms with van der Waals surface area (Å²) in [4.78, 5) is 20.9. The minimum Gasteiger partial charge on any atom is -0.491 e. The Hall–Kier alpha value is -3.36. The van der Waals surface area contributed by atoms with Gasteiger partial charge in [0.25, 0.3) is 6.47 Å². The van der Waals surface area contributed by atoms with Gasteiger partial charge in [0.2, 0.25) is 5.91 Å². The van der Waals surface area contributed by atoms with Crippen molar-refractivity contribution in [2.24, 2.45) is 0 Å². The fourth-order valence-electron chi connectivity index (χ4n) is 3.81. The van der Waals surface area contributed by atoms with Crippen LogP contribution in [0.5, 0.6) is 5.75 Å². The van der Waals surface area contributed by atoms with Gasteiger partial charge in [-0.3, -0.25) is 9.59 Å². The van der Waals surface area contributed by atoms with Crippen LogP contribution in [0.4, 0.5) is 5.82 Å². The molecule has 1 aliphatic rings. The van der Waals surface area contributed by atoms with Gasteiger partial charge in [-0.2, -0.15) is 5.10 Å². The molecule has 1 aliphatic heterocycles. The summed E-state index contributed by atoms with van der Waals surface area (Å²) >= 11 is 6.11. The highest BCUT2D eigenvalue weighted by Crippen LogP contribution is 2.40. The van der Waals surface area contributed by atoms with Crippen molar-refractivity contribution in [2.45, 2.75) is 25.8 Å². The molecule has 2 aromatic carbocycles. The Morgan fingerprint density at radius 2 is 2.03 bits per heavy atom. The van der Waals surface area contributed by atoms with Crippen molar-refractivity contribution < 1.29 is 24.5 Å². The SMILES string of the molecule is Cc1nn(Cc2cccc(Cl)c2)c2c1C(c1cccc(OCCO)c1)CC(=O)N2.O=CO. The zero-order valence-electron chi connectivity index (χ0n) is 17.5. The molecule has 3 aromatic rings. The van der Waals surface area contributed by atoms with Crippen molar-refractivity contribution in [1.29, 1.82) is 0 Å². The number of ether oxygens (including phenoxy) is 1. The Bertz CT molecular complexity index is 1100. The van der Waals surface area contributed by atoms with Gasteiger partial charge in [0.1, 0.15) is 18.2 Å². The van der Waals surface area contributed by atoms with Crippen molar-refractivity contribution in [2.75, 3.05) is 18.5 Å². The molecule has 1 unspecified atom stereocenters. The van der Waals surface area contributed by atoms with Gasteiger partial charge >= 0.3 is 0 Å². The van der Waals surface area contributed by atoms with Crippen LogP contribution in [-0.4, -0.2) is 45.6 Å². The first-order valence-corrected chi connectivity index (χ1v) is 10.4. The van der Waals surface area contributed by atoms with Crippen molar-refractivity contribution >= 4 is 29.8 Å². The molecular weight excluding hydrogens is 434 g/mol. The summed E-state index contributed by atoms with van der Waals surface area (Å²) in [6, 6.07) is 15.3. The smallest absolute Gasteiger partial charge is 0.290 e. The topological polar surface area (TPSA) is 114 Å². The molecule has 1 atom stereocenters. The third-order valence-electron chi connectivity index (χ3n) is 5.01. The number of rotatable bonds is 6. The average Bonchev–Trinajstić information content (AvgIpc) is 3.07. The maximum absolute atomic E-state index is 12.5. The van der Waals surface area contributed by atoms with Gasteiger partial charge in [-0.25, -0.2) is 4.68 Å². The molecule has 2 heterocycles. The van der Waals surface area contributed by atoms with Gasteiger partial charge in [0.15, 0.2) is 0 Å². The van der Waals surface area contributed by atoms with E-state index in [4.69, 9.17) is 36.4 Å². The monoisotopic (exact) mass is 457 g/mol. The minimum absolute atomic E-state index is 0.0450. The fourth-order valence-corrected chi connectivity index (χ4v) is 4.02. The van der Waals surface area contributed by atoms with Crippen molar-refractivity contribution in [3.8, 4) is 5.75 Å². The maximum Gasteiger partial charge on any atom is 0.290 e. The zero-order valence-corrected chi connectivity index (χ0v) is 18.2. The number of hydrogen-bond acceptors (Lipinski definition) is 5. The first-order valence-electron chi connectivity index (χ1n) is 9.99. The highest BCUT2D eigenvalue weighted by molar-refractivity contribution is 6.30. The number of carbonyl (C=O) groups is 2. The molecule has 0 fully saturated rings. The molecule has 4 rings (SSSR count). The number of aryl methyl sites for hydroxylation is 1. The first kappa shape index (κ1) is 23.3. The van der Waals surface area contributed by atoms with Gasteiger partial charge in [-0.15, -0.1) is 0 Å². The van der Waals surface area contributed by atoms with E-state index >= 15 is 0 Å². The summed E-state index contributed by atoms with van der Waals surface area (Å²) in [5, 5.41) is 24.2. The number of carbonyl (C=O) groups excluding carboxylic acids is 1. The fraction of sp³-hybridized carbons (Fsp3) is 0.261. The van der Waals surface area contributed by atoms with Crippen LogP contribution in [-0.2, 0) is 16.1 Å². The number of halogens is 1. The second-order valence-electron chi connectivity index (χ2n) is 7.19. The molecule has 9 heteroatoms. The molecule has 0 saturated carbocycles. The van der Waals surface area contributed by atoms with Crippen LogP contribution < -0.4 is 10.1 Å². The average molecular weight is 458 g/mol. The lowest BCUT2D eigenvalue weighted by Crippen LogP contribution is -2.25. The molecule has 1 aromatic heterocycles. The number of amides is 1. The number of benzene rings is 2. The number of fused-ring (bicyclic) bond motifs is 1. The second-order valence-corrected chi connectivity index (χ2v) is 7.63. The molecule has 0 saturated heterocycles. The summed E-state index contributed by atoms with van der Waals surface area (Å²) in [7, 11) is 0. The summed E-state index contributed by atoms with van der Waals surface area (Å²) in [6.45, 7) is 2.42. The lowest BCUT2D eigenvalue weighted by atomic mass is 9.85. The van der Waals surface area contributed by atoms with Gasteiger partial charge in [-0.1, -0.05) is 35.9 Å². The van der Waals surface area contributed by atoms with E-state index < -0.39 is 0 Å². The lowest BCUT2D eigenvalue weighted by Gasteiger charge is -2.25. The number of hydrogen-bond donors (Lipinski definition) is 3. The molecule has 8 nitrogen and oxygen atoms in total. The molecule has 0 radical (unpaired) electrons. The molecular formula is C23H24ClN3O5. The third kappa shape index (κ3) is 5.46. The standard InChI is InChI=1S/C22H22ClN3O3.CH2O2/c1-14-21-19(16-5-3-7-18(11-16)29-9-8-27)12-20(28)24-22(21)26(25-14)13-15-4-2-6-17(23)10-15;2-1-3/h2-7,10-11,19,27H,8-9,12-13H2,1H3,(H,24,28);1H,(H,2,3). The summed E-state index contributed by atoms with van der Waals surface area (Å²) < 4.78 is 7.37. The van der Waals surface area contributed by atoms with E-state index in [1.54, 1.807) is 0 Å². The number of aliphatic hydroxyl groups is 1. The Labute approximate surface area is 190 Å². The molecule has 0 spiro atoms. The highest BCUT2D eigenvalue weighted by Gasteiger charge is 2.32. The van der Waals surface area contributed by atoms with Gasteiger partial charge in [0.05, 0.1) is 18.8 Å². The summed E-state index contributed by atoms with van der Waals surface area (Å²) in [5.41, 5.74) is 3.90. The Morgan fingerprint density at radius 3 is 2.75 bits per heavy atom. The van der Waals surface area contributed by atoms with E-state index in [1.807, 2.05) is 60.1 Å². The summed E-state index contributed by atoms with van der Waals surface area (Å²) in [6.07, 6.45) is 0.347. The van der Waals surface area contributed by atoms with E-state index in [-0.39, 0.29) is 31.5 Å². The maximum atomic E-state index is 12.5. The number of anilines is 1. The Morgan fingerprint density at radius 1 is 1.28 bits per heavy atom. The predicted octanol–water partition coefficient (Wildman–Crippen LogP) is 3.44. The minimum atomic E-state index is -0.250. The van der Waals surface area contributed by atoms with Crippen LogP contribution in [0, 0.1) is 6.92 Å². The Kier molecular flexibility index (Phi) is 7.86. The highest BCUT2D eigenvalue weighted by atomic mass is 35.5. The molecule has 0 bridgehead atoms. The largest absolute Gasteiger partial charge is 0.491 e. The van der Waals surface area contributed by atoms with Crippen molar-refractivity contribution in [3.05, 3.63) is 75.9 Å². The van der Waals surface area contributed by atoms with E-state index in [1.165, 1.54) is 0 Å². The van der Waals surface area contributed by atoms with Gasteiger partial charge < -0.3 is 20.3 Å². The predicted molar refractivity (Wildman–Crippen MR) is 120 cm³/mol. The molecule has 1 amide bonds. The lowest BCUT2D eigenvalue weighted by molar-refractivity contribution is -0.123. The van der Waals surface area contributed by atoms with Crippen LogP contribution in [0.3, 0.4) is 0 Å². The van der Waals surface area contributed by atoms with E-state index in [9.17, 15) is 4.79 Å². The van der Waals surface area contributed by atoms with E-state index in [2.05, 4.69) is 5.32 Å². The van der Waals surface area contributed by atoms with Crippen LogP contribution in [0.1, 0.15) is 34.7 Å². The van der Waals surface area contributed by atoms with E-state index in [0.29, 0.717) is 23.7 Å². The normalized spacial score (nSPS) is 14.6. The number of carboxylic acid groups (broad SMARTS) is 1. The molecule has 32 heavy (non-hydrogen) atoms. The number of nitrogens with zero attached hydrogens (tertiary/aromatic N) is 2. The van der Waals surface area contributed by atoms with Crippen LogP contribution in [0.15, 0.2) is 48.5 Å². The molecule has 168 valence electrons. The first-order chi connectivity index (χ1) is 15.5. The van der Waals surface area contributed by atoms with E-state index in [0.717, 1.165) is 28.2 Å². The van der Waals surface area contributed by atoms with Gasteiger partial charge in [-0.05, 0) is 42.3 Å². The van der Waals surface area contributed by atoms with Crippen LogP contribution in [0.25, 0.3) is 0 Å². The molecule has 3 N–H and O–H groups in total. The number of nitrogens with one attached hydrogen (secondary N) is 1. The Balaban J connectivity index is 0.000000913. The van der Waals surface area contributed by atoms with Crippen LogP contribution in [0.2, 0.25) is 5.02 Å². The third-order valence-corrected chi connectivity index (χ3v) is 5.25. The van der Waals surface area contributed by atoms with Crippen molar-refractivity contribution in [1.82, 2.24) is 9.78 Å². The quantitative estimate of drug-likeness (QED) is 0.488. The van der Waals surface area contributed by atoms with Crippen LogP contribution >= 0.6 is 11.6 Å². The number of aliphatic hydroxyl groups excluding tert-OH is 1.